The minimum atomic E-state index is 0.742. The number of nitrogens with one attached hydrogen (secondary N) is 2. The molecule has 0 unspecified atom stereocenters. The summed E-state index contributed by atoms with van der Waals surface area (Å²) >= 11 is 6.32. The van der Waals surface area contributed by atoms with Crippen molar-refractivity contribution < 1.29 is 4.74 Å². The summed E-state index contributed by atoms with van der Waals surface area (Å²) in [5.41, 5.74) is 1.11. The van der Waals surface area contributed by atoms with Gasteiger partial charge < -0.3 is 25.2 Å². The van der Waals surface area contributed by atoms with E-state index in [4.69, 9.17) is 21.3 Å². The molecule has 0 bridgehead atoms. The molecule has 28 heavy (non-hydrogen) atoms. The maximum atomic E-state index is 6.32. The predicted octanol–water partition coefficient (Wildman–Crippen LogP) is 2.47. The second kappa shape index (κ2) is 12.9. The lowest BCUT2D eigenvalue weighted by Crippen LogP contribution is -2.38. The standard InChI is InChI=1S/C21H36ClN5O/c1-4-23-21(24-10-5-13-27-14-6-12-26(2)15-16-27)25-11-9-18-7-8-19(28-3)17-20(18)22/h7-8,17H,4-6,9-16H2,1-3H3,(H2,23,24,25). The Kier molecular flexibility index (Phi) is 10.5. The normalized spacial score (nSPS) is 16.6. The Morgan fingerprint density at radius 3 is 2.82 bits per heavy atom. The molecule has 7 heteroatoms. The fourth-order valence-electron chi connectivity index (χ4n) is 3.32. The topological polar surface area (TPSA) is 52.1 Å². The summed E-state index contributed by atoms with van der Waals surface area (Å²) in [6.07, 6.45) is 3.19. The van der Waals surface area contributed by atoms with Gasteiger partial charge in [0, 0.05) is 37.7 Å². The third-order valence-corrected chi connectivity index (χ3v) is 5.36. The summed E-state index contributed by atoms with van der Waals surface area (Å²) in [5, 5.41) is 7.47. The first-order valence-corrected chi connectivity index (χ1v) is 10.8. The zero-order chi connectivity index (χ0) is 20.2. The van der Waals surface area contributed by atoms with Crippen LogP contribution in [0.5, 0.6) is 5.75 Å². The van der Waals surface area contributed by atoms with Crippen LogP contribution in [0.3, 0.4) is 0 Å². The summed E-state index contributed by atoms with van der Waals surface area (Å²) in [7, 11) is 3.86. The van der Waals surface area contributed by atoms with E-state index in [1.165, 1.54) is 32.6 Å². The van der Waals surface area contributed by atoms with Crippen molar-refractivity contribution in [3.63, 3.8) is 0 Å². The molecule has 0 aromatic heterocycles. The fraction of sp³-hybridized carbons (Fsp3) is 0.667. The van der Waals surface area contributed by atoms with E-state index < -0.39 is 0 Å². The lowest BCUT2D eigenvalue weighted by molar-refractivity contribution is 0.275. The molecule has 1 aliphatic rings. The van der Waals surface area contributed by atoms with E-state index in [1.807, 2.05) is 18.2 Å². The fourth-order valence-corrected chi connectivity index (χ4v) is 3.59. The van der Waals surface area contributed by atoms with Crippen LogP contribution in [0.1, 0.15) is 25.3 Å². The summed E-state index contributed by atoms with van der Waals surface area (Å²) < 4.78 is 5.20. The minimum absolute atomic E-state index is 0.742. The number of ether oxygens (including phenoxy) is 1. The van der Waals surface area contributed by atoms with E-state index in [0.717, 1.165) is 61.3 Å². The highest BCUT2D eigenvalue weighted by atomic mass is 35.5. The molecule has 2 rings (SSSR count). The number of benzene rings is 1. The zero-order valence-electron chi connectivity index (χ0n) is 17.6. The van der Waals surface area contributed by atoms with Crippen LogP contribution in [0.4, 0.5) is 0 Å². The molecule has 0 radical (unpaired) electrons. The van der Waals surface area contributed by atoms with Gasteiger partial charge >= 0.3 is 0 Å². The molecule has 0 saturated carbocycles. The number of methoxy groups -OCH3 is 1. The summed E-state index contributed by atoms with van der Waals surface area (Å²) in [6.45, 7) is 10.4. The minimum Gasteiger partial charge on any atom is -0.497 e. The van der Waals surface area contributed by atoms with Crippen LogP contribution in [0.15, 0.2) is 23.2 Å². The van der Waals surface area contributed by atoms with Crippen molar-refractivity contribution in [1.29, 1.82) is 0 Å². The molecule has 0 amide bonds. The van der Waals surface area contributed by atoms with Gasteiger partial charge in [0.15, 0.2) is 5.96 Å². The van der Waals surface area contributed by atoms with E-state index in [1.54, 1.807) is 7.11 Å². The molecule has 1 heterocycles. The van der Waals surface area contributed by atoms with Gasteiger partial charge in [-0.1, -0.05) is 17.7 Å². The molecule has 0 aliphatic carbocycles. The first-order chi connectivity index (χ1) is 13.6. The Morgan fingerprint density at radius 1 is 1.21 bits per heavy atom. The van der Waals surface area contributed by atoms with Crippen molar-refractivity contribution in [3.8, 4) is 5.75 Å². The van der Waals surface area contributed by atoms with Gasteiger partial charge in [0.05, 0.1) is 7.11 Å². The number of guanidine groups is 1. The number of nitrogens with zero attached hydrogens (tertiary/aromatic N) is 3. The van der Waals surface area contributed by atoms with E-state index in [2.05, 4.69) is 34.4 Å². The third kappa shape index (κ3) is 8.25. The highest BCUT2D eigenvalue weighted by Crippen LogP contribution is 2.22. The van der Waals surface area contributed by atoms with E-state index in [9.17, 15) is 0 Å². The Hall–Kier alpha value is -1.50. The Morgan fingerprint density at radius 2 is 2.07 bits per heavy atom. The summed E-state index contributed by atoms with van der Waals surface area (Å²) in [6, 6.07) is 5.82. The van der Waals surface area contributed by atoms with Crippen LogP contribution < -0.4 is 15.4 Å². The number of hydrogen-bond donors (Lipinski definition) is 2. The number of rotatable bonds is 9. The van der Waals surface area contributed by atoms with Gasteiger partial charge in [-0.15, -0.1) is 0 Å². The van der Waals surface area contributed by atoms with Crippen molar-refractivity contribution in [2.45, 2.75) is 26.2 Å². The average molecular weight is 410 g/mol. The SMILES string of the molecule is CCNC(=NCCCN1CCCN(C)CC1)NCCc1ccc(OC)cc1Cl. The molecule has 1 aromatic rings. The predicted molar refractivity (Wildman–Crippen MR) is 119 cm³/mol. The van der Waals surface area contributed by atoms with E-state index >= 15 is 0 Å². The lowest BCUT2D eigenvalue weighted by atomic mass is 10.1. The maximum Gasteiger partial charge on any atom is 0.191 e. The van der Waals surface area contributed by atoms with Crippen LogP contribution in [-0.2, 0) is 6.42 Å². The maximum absolute atomic E-state index is 6.32. The molecule has 2 N–H and O–H groups in total. The molecule has 1 aromatic carbocycles. The van der Waals surface area contributed by atoms with Gasteiger partial charge in [-0.25, -0.2) is 0 Å². The highest BCUT2D eigenvalue weighted by Gasteiger charge is 2.11. The first-order valence-electron chi connectivity index (χ1n) is 10.4. The van der Waals surface area contributed by atoms with Gasteiger partial charge in [-0.2, -0.15) is 0 Å². The number of likely N-dealkylation sites (N-methyl/N-ethyl adjacent to an activating group) is 1. The Balaban J connectivity index is 1.72. The van der Waals surface area contributed by atoms with Gasteiger partial charge in [0.25, 0.3) is 0 Å². The quantitative estimate of drug-likeness (QED) is 0.373. The van der Waals surface area contributed by atoms with Gasteiger partial charge in [-0.3, -0.25) is 4.99 Å². The highest BCUT2D eigenvalue weighted by molar-refractivity contribution is 6.31. The Bertz CT molecular complexity index is 610. The van der Waals surface area contributed by atoms with E-state index in [-0.39, 0.29) is 0 Å². The van der Waals surface area contributed by atoms with Gasteiger partial charge in [0.2, 0.25) is 0 Å². The summed E-state index contributed by atoms with van der Waals surface area (Å²) in [5.74, 6) is 1.66. The average Bonchev–Trinajstić information content (AvgIpc) is 2.90. The van der Waals surface area contributed by atoms with Crippen molar-refractivity contribution in [1.82, 2.24) is 20.4 Å². The third-order valence-electron chi connectivity index (χ3n) is 5.01. The van der Waals surface area contributed by atoms with Crippen LogP contribution >= 0.6 is 11.6 Å². The van der Waals surface area contributed by atoms with Crippen molar-refractivity contribution >= 4 is 17.6 Å². The monoisotopic (exact) mass is 409 g/mol. The second-order valence-corrected chi connectivity index (χ2v) is 7.65. The molecule has 1 saturated heterocycles. The van der Waals surface area contributed by atoms with E-state index in [0.29, 0.717) is 0 Å². The van der Waals surface area contributed by atoms with Crippen LogP contribution in [0.25, 0.3) is 0 Å². The molecule has 158 valence electrons. The zero-order valence-corrected chi connectivity index (χ0v) is 18.4. The van der Waals surface area contributed by atoms with Crippen LogP contribution in [0.2, 0.25) is 5.02 Å². The largest absolute Gasteiger partial charge is 0.497 e. The van der Waals surface area contributed by atoms with Gasteiger partial charge in [-0.05, 0) is 70.6 Å². The first kappa shape index (κ1) is 22.8. The summed E-state index contributed by atoms with van der Waals surface area (Å²) in [4.78, 5) is 9.70. The van der Waals surface area contributed by atoms with Crippen molar-refractivity contribution in [2.24, 2.45) is 4.99 Å². The number of halogens is 1. The molecule has 0 spiro atoms. The van der Waals surface area contributed by atoms with Gasteiger partial charge in [0.1, 0.15) is 5.75 Å². The molecule has 6 nitrogen and oxygen atoms in total. The second-order valence-electron chi connectivity index (χ2n) is 7.25. The van der Waals surface area contributed by atoms with Crippen molar-refractivity contribution in [3.05, 3.63) is 28.8 Å². The molecule has 1 fully saturated rings. The van der Waals surface area contributed by atoms with Crippen LogP contribution in [0, 0.1) is 0 Å². The molecular weight excluding hydrogens is 374 g/mol. The smallest absolute Gasteiger partial charge is 0.191 e. The molecule has 0 atom stereocenters. The van der Waals surface area contributed by atoms with Crippen LogP contribution in [-0.4, -0.2) is 82.3 Å². The molecule has 1 aliphatic heterocycles. The molecular formula is C21H36ClN5O. The Labute approximate surface area is 175 Å². The van der Waals surface area contributed by atoms with Crippen molar-refractivity contribution in [2.75, 3.05) is 66.5 Å². The number of hydrogen-bond acceptors (Lipinski definition) is 4. The lowest BCUT2D eigenvalue weighted by Gasteiger charge is -2.19. The number of aliphatic imine (C=N–C) groups is 1.